The van der Waals surface area contributed by atoms with Crippen molar-refractivity contribution >= 4 is 46.6 Å². The molecule has 21 heteroatoms. The predicted molar refractivity (Wildman–Crippen MR) is 274 cm³/mol. The smallest absolute Gasteiger partial charge is 0.313 e. The van der Waals surface area contributed by atoms with Crippen molar-refractivity contribution in [1.29, 1.82) is 0 Å². The van der Waals surface area contributed by atoms with Gasteiger partial charge in [0, 0.05) is 76.4 Å². The van der Waals surface area contributed by atoms with Crippen LogP contribution in [-0.2, 0) is 54.1 Å². The summed E-state index contributed by atoms with van der Waals surface area (Å²) in [5.74, 6) is -17.7. The Hall–Kier alpha value is -5.22. The van der Waals surface area contributed by atoms with Gasteiger partial charge in [-0.2, -0.15) is 8.78 Å². The molecule has 0 saturated carbocycles. The molecule has 2 aromatic carbocycles. The lowest BCUT2D eigenvalue weighted by molar-refractivity contribution is -0.149. The van der Waals surface area contributed by atoms with E-state index in [1.807, 2.05) is 70.3 Å². The van der Waals surface area contributed by atoms with Crippen LogP contribution in [0.15, 0.2) is 41.9 Å². The van der Waals surface area contributed by atoms with E-state index < -0.39 is 88.8 Å². The highest BCUT2D eigenvalue weighted by Gasteiger charge is 2.44. The molecule has 4 rings (SSSR count). The molecule has 0 spiro atoms. The summed E-state index contributed by atoms with van der Waals surface area (Å²) in [6.07, 6.45) is 2.45. The fourth-order valence-corrected chi connectivity index (χ4v) is 10.4. The Balaban J connectivity index is 1.30. The van der Waals surface area contributed by atoms with Crippen molar-refractivity contribution in [1.82, 2.24) is 20.1 Å². The SMILES string of the molecule is CC[C@H](C)[C@@H]([C@@H](CC(=O)N1CCC[C@H]1[C@H](OC)[C@@H](C)C(=O)C[C@@H](Cc1ccccc1)c1nccs1)OC)N(C)C(=O)[C@@H](CC(=O)C(C)(C)NC(=O)CCOCCOCCC(=O)Oc1c(F)c(F)c(F)c(F)c1F)C(C)C. The van der Waals surface area contributed by atoms with E-state index in [0.717, 1.165) is 17.0 Å². The second-order valence-electron chi connectivity index (χ2n) is 20.3. The number of nitrogens with one attached hydrogen (secondary N) is 1. The van der Waals surface area contributed by atoms with Crippen LogP contribution in [0.25, 0.3) is 0 Å². The summed E-state index contributed by atoms with van der Waals surface area (Å²) >= 11 is 1.53. The quantitative estimate of drug-likeness (QED) is 0.0157. The molecule has 0 bridgehead atoms. The van der Waals surface area contributed by atoms with Crippen molar-refractivity contribution in [2.75, 3.05) is 54.2 Å². The van der Waals surface area contributed by atoms with Gasteiger partial charge >= 0.3 is 5.97 Å². The average Bonchev–Trinajstić information content (AvgIpc) is 4.12. The van der Waals surface area contributed by atoms with Crippen LogP contribution in [0, 0.1) is 52.8 Å². The molecule has 0 aliphatic carbocycles. The number of ether oxygens (including phenoxy) is 5. The van der Waals surface area contributed by atoms with Crippen molar-refractivity contribution in [2.45, 2.75) is 142 Å². The number of amides is 3. The molecule has 1 fully saturated rings. The Morgan fingerprint density at radius 2 is 1.46 bits per heavy atom. The number of benzene rings is 2. The minimum Gasteiger partial charge on any atom is -0.420 e. The Labute approximate surface area is 446 Å². The second-order valence-corrected chi connectivity index (χ2v) is 21.2. The monoisotopic (exact) mass is 1090 g/mol. The van der Waals surface area contributed by atoms with Gasteiger partial charge in [-0.25, -0.2) is 18.2 Å². The number of aromatic nitrogens is 1. The first kappa shape index (κ1) is 63.3. The van der Waals surface area contributed by atoms with E-state index in [4.69, 9.17) is 18.9 Å². The molecular formula is C55H75F5N4O11S. The summed E-state index contributed by atoms with van der Waals surface area (Å²) < 4.78 is 94.7. The van der Waals surface area contributed by atoms with E-state index in [1.165, 1.54) is 18.4 Å². The maximum atomic E-state index is 14.6. The number of Topliss-reactive ketones (excluding diaryl/α,β-unsaturated/α-hetero) is 2. The molecule has 1 aromatic heterocycles. The molecule has 0 radical (unpaired) electrons. The van der Waals surface area contributed by atoms with Gasteiger partial charge in [-0.1, -0.05) is 71.4 Å². The highest BCUT2D eigenvalue weighted by atomic mass is 32.1. The van der Waals surface area contributed by atoms with Crippen LogP contribution >= 0.6 is 11.3 Å². The van der Waals surface area contributed by atoms with E-state index in [9.17, 15) is 50.7 Å². The largest absolute Gasteiger partial charge is 0.420 e. The highest BCUT2D eigenvalue weighted by Crippen LogP contribution is 2.34. The normalized spacial score (nSPS) is 16.6. The van der Waals surface area contributed by atoms with Crippen molar-refractivity contribution in [3.8, 4) is 5.75 Å². The van der Waals surface area contributed by atoms with Crippen molar-refractivity contribution in [3.63, 3.8) is 0 Å². The van der Waals surface area contributed by atoms with E-state index >= 15 is 0 Å². The lowest BCUT2D eigenvalue weighted by Gasteiger charge is -2.41. The molecule has 1 N–H and O–H groups in total. The third-order valence-corrected chi connectivity index (χ3v) is 15.2. The molecule has 1 saturated heterocycles. The Morgan fingerprint density at radius 1 is 0.842 bits per heavy atom. The Kier molecular flexibility index (Phi) is 25.0. The molecule has 2 heterocycles. The molecule has 8 atom stereocenters. The number of likely N-dealkylation sites (tertiary alicyclic amines) is 1. The van der Waals surface area contributed by atoms with Gasteiger partial charge in [-0.15, -0.1) is 11.3 Å². The fraction of sp³-hybridized carbons (Fsp3) is 0.618. The Bertz CT molecular complexity index is 2370. The number of hydrogen-bond donors (Lipinski definition) is 1. The van der Waals surface area contributed by atoms with E-state index in [-0.39, 0.29) is 99.3 Å². The summed E-state index contributed by atoms with van der Waals surface area (Å²) in [6, 6.07) is 9.08. The molecule has 15 nitrogen and oxygen atoms in total. The van der Waals surface area contributed by atoms with Gasteiger partial charge in [-0.05, 0) is 50.5 Å². The minimum absolute atomic E-state index is 0.0285. The van der Waals surface area contributed by atoms with Crippen LogP contribution in [0.1, 0.15) is 116 Å². The van der Waals surface area contributed by atoms with Gasteiger partial charge in [0.05, 0.1) is 74.1 Å². The maximum absolute atomic E-state index is 14.6. The lowest BCUT2D eigenvalue weighted by atomic mass is 9.82. The predicted octanol–water partition coefficient (Wildman–Crippen LogP) is 8.59. The van der Waals surface area contributed by atoms with E-state index in [2.05, 4.69) is 15.0 Å². The summed E-state index contributed by atoms with van der Waals surface area (Å²) in [5.41, 5.74) is -0.270. The Morgan fingerprint density at radius 3 is 2.03 bits per heavy atom. The molecule has 1 aliphatic rings. The zero-order chi connectivity index (χ0) is 56.4. The van der Waals surface area contributed by atoms with Gasteiger partial charge in [0.1, 0.15) is 5.78 Å². The molecule has 3 aromatic rings. The topological polar surface area (TPSA) is 180 Å². The van der Waals surface area contributed by atoms with Crippen molar-refractivity contribution < 1.29 is 74.4 Å². The molecule has 76 heavy (non-hydrogen) atoms. The number of esters is 1. The van der Waals surface area contributed by atoms with Gasteiger partial charge in [0.15, 0.2) is 5.78 Å². The highest BCUT2D eigenvalue weighted by molar-refractivity contribution is 7.09. The van der Waals surface area contributed by atoms with Crippen LogP contribution in [0.4, 0.5) is 22.0 Å². The van der Waals surface area contributed by atoms with Crippen LogP contribution in [0.3, 0.4) is 0 Å². The molecular weight excluding hydrogens is 1020 g/mol. The molecule has 0 unspecified atom stereocenters. The lowest BCUT2D eigenvalue weighted by Crippen LogP contribution is -2.55. The second kappa shape index (κ2) is 30.1. The van der Waals surface area contributed by atoms with Crippen molar-refractivity contribution in [2.24, 2.45) is 23.7 Å². The van der Waals surface area contributed by atoms with E-state index in [0.29, 0.717) is 25.8 Å². The minimum atomic E-state index is -2.39. The number of carbonyl (C=O) groups is 6. The zero-order valence-electron chi connectivity index (χ0n) is 45.3. The third-order valence-electron chi connectivity index (χ3n) is 14.3. The van der Waals surface area contributed by atoms with Gasteiger partial charge in [0.2, 0.25) is 52.6 Å². The number of likely N-dealkylation sites (N-methyl/N-ethyl adjacent to an activating group) is 1. The summed E-state index contributed by atoms with van der Waals surface area (Å²) in [4.78, 5) is 89.9. The fourth-order valence-electron chi connectivity index (χ4n) is 9.64. The van der Waals surface area contributed by atoms with Gasteiger partial charge in [-0.3, -0.25) is 28.8 Å². The summed E-state index contributed by atoms with van der Waals surface area (Å²) in [5, 5.41) is 5.52. The number of rotatable bonds is 32. The number of hydrogen-bond acceptors (Lipinski definition) is 13. The molecule has 3 amide bonds. The zero-order valence-corrected chi connectivity index (χ0v) is 46.1. The number of halogens is 5. The first-order valence-electron chi connectivity index (χ1n) is 25.8. The van der Waals surface area contributed by atoms with Crippen LogP contribution in [-0.4, -0.2) is 134 Å². The summed E-state index contributed by atoms with van der Waals surface area (Å²) in [6.45, 7) is 12.5. The number of nitrogens with zero attached hydrogens (tertiary/aromatic N) is 3. The number of carbonyl (C=O) groups excluding carboxylic acids is 6. The summed E-state index contributed by atoms with van der Waals surface area (Å²) in [7, 11) is 4.76. The third kappa shape index (κ3) is 17.1. The van der Waals surface area contributed by atoms with Crippen LogP contribution < -0.4 is 10.1 Å². The first-order chi connectivity index (χ1) is 36.0. The molecule has 1 aliphatic heterocycles. The standard InChI is InChI=1S/C55H75F5N4O11S/c1-11-33(4)50(40(71-9)31-43(68)64-22-15-18-38(64)51(72-10)34(5)39(65)29-36(53-61-21-27-76-53)28-35-16-13-12-14-17-35)63(8)54(70)37(32(2)3)30-41(66)55(6,7)62-42(67)19-23-73-25-26-74-24-20-44(69)75-52-48(59)46(57)45(56)47(58)49(52)60/h12-14,16-17,21,27,32-34,36-38,40,50-51H,11,15,18-20,22-26,28-31H2,1-10H3,(H,62,67)/t33-,34-,36+,37-,38-,40+,50-,51+/m0/s1. The number of methoxy groups -OCH3 is 2. The average molecular weight is 1100 g/mol. The molecule has 422 valence electrons. The maximum Gasteiger partial charge on any atom is 0.313 e. The number of ketones is 2. The van der Waals surface area contributed by atoms with Crippen molar-refractivity contribution in [3.05, 3.63) is 81.6 Å². The number of thiazole rings is 1. The van der Waals surface area contributed by atoms with Gasteiger partial charge < -0.3 is 38.8 Å². The van der Waals surface area contributed by atoms with Crippen LogP contribution in [0.5, 0.6) is 5.75 Å². The van der Waals surface area contributed by atoms with Gasteiger partial charge in [0.25, 0.3) is 0 Å². The first-order valence-corrected chi connectivity index (χ1v) is 26.7. The van der Waals surface area contributed by atoms with E-state index in [1.54, 1.807) is 44.0 Å². The van der Waals surface area contributed by atoms with Crippen LogP contribution in [0.2, 0.25) is 0 Å².